The number of halogens is 3. The maximum absolute atomic E-state index is 12.4. The van der Waals surface area contributed by atoms with Crippen LogP contribution in [0.4, 0.5) is 13.2 Å². The first-order chi connectivity index (χ1) is 8.55. The van der Waals surface area contributed by atoms with Gasteiger partial charge in [-0.25, -0.2) is 8.42 Å². The molecule has 1 aromatic rings. The van der Waals surface area contributed by atoms with Crippen molar-refractivity contribution >= 4 is 27.3 Å². The molecule has 0 aliphatic rings. The fourth-order valence-corrected chi connectivity index (χ4v) is 3.69. The van der Waals surface area contributed by atoms with Crippen LogP contribution in [0.15, 0.2) is 16.3 Å². The molecule has 0 aliphatic heterocycles. The highest BCUT2D eigenvalue weighted by atomic mass is 32.2. The summed E-state index contributed by atoms with van der Waals surface area (Å²) in [6.45, 7) is -0.309. The van der Waals surface area contributed by atoms with Crippen LogP contribution in [0.25, 0.3) is 0 Å². The second-order valence-corrected chi connectivity index (χ2v) is 6.94. The van der Waals surface area contributed by atoms with Crippen LogP contribution >= 0.6 is 11.3 Å². The van der Waals surface area contributed by atoms with Gasteiger partial charge in [0.1, 0.15) is 9.09 Å². The van der Waals surface area contributed by atoms with Gasteiger partial charge < -0.3 is 5.11 Å². The van der Waals surface area contributed by atoms with Crippen LogP contribution in [0.3, 0.4) is 0 Å². The Morgan fingerprint density at radius 2 is 2.00 bits per heavy atom. The molecule has 0 saturated carbocycles. The zero-order valence-electron chi connectivity index (χ0n) is 9.64. The molecule has 19 heavy (non-hydrogen) atoms. The van der Waals surface area contributed by atoms with Crippen molar-refractivity contribution in [2.24, 2.45) is 0 Å². The number of hydrogen-bond acceptors (Lipinski definition) is 4. The lowest BCUT2D eigenvalue weighted by molar-refractivity contribution is -0.137. The lowest BCUT2D eigenvalue weighted by Crippen LogP contribution is -2.28. The van der Waals surface area contributed by atoms with Crippen LogP contribution in [0, 0.1) is 0 Å². The SMILES string of the molecule is CN(CCC(=O)O)S(=O)(=O)c1ccc(C(F)(F)F)s1. The molecule has 1 rings (SSSR count). The Kier molecular flexibility index (Phi) is 4.59. The summed E-state index contributed by atoms with van der Waals surface area (Å²) in [7, 11) is -2.97. The Labute approximate surface area is 111 Å². The van der Waals surface area contributed by atoms with E-state index >= 15 is 0 Å². The summed E-state index contributed by atoms with van der Waals surface area (Å²) < 4.78 is 61.1. The van der Waals surface area contributed by atoms with Gasteiger partial charge in [-0.3, -0.25) is 4.79 Å². The third-order valence-electron chi connectivity index (χ3n) is 2.17. The van der Waals surface area contributed by atoms with E-state index in [1.54, 1.807) is 0 Å². The second kappa shape index (κ2) is 5.47. The lowest BCUT2D eigenvalue weighted by Gasteiger charge is -2.14. The third-order valence-corrected chi connectivity index (χ3v) is 5.62. The van der Waals surface area contributed by atoms with Crippen molar-refractivity contribution in [3.05, 3.63) is 17.0 Å². The predicted octanol–water partition coefficient (Wildman–Crippen LogP) is 1.86. The average molecular weight is 317 g/mol. The average Bonchev–Trinajstić information content (AvgIpc) is 2.74. The van der Waals surface area contributed by atoms with Crippen molar-refractivity contribution in [3.63, 3.8) is 0 Å². The van der Waals surface area contributed by atoms with Gasteiger partial charge in [-0.2, -0.15) is 17.5 Å². The number of aliphatic carboxylic acids is 1. The molecule has 5 nitrogen and oxygen atoms in total. The number of thiophene rings is 1. The molecule has 0 spiro atoms. The van der Waals surface area contributed by atoms with Gasteiger partial charge in [-0.05, 0) is 12.1 Å². The molecule has 0 bridgehead atoms. The molecular formula is C9H10F3NO4S2. The van der Waals surface area contributed by atoms with Crippen molar-refractivity contribution in [1.29, 1.82) is 0 Å². The van der Waals surface area contributed by atoms with E-state index < -0.39 is 37.7 Å². The van der Waals surface area contributed by atoms with E-state index in [0.717, 1.165) is 13.1 Å². The quantitative estimate of drug-likeness (QED) is 0.899. The smallest absolute Gasteiger partial charge is 0.425 e. The van der Waals surface area contributed by atoms with Crippen molar-refractivity contribution in [1.82, 2.24) is 4.31 Å². The molecule has 0 aromatic carbocycles. The molecule has 1 N–H and O–H groups in total. The maximum Gasteiger partial charge on any atom is 0.425 e. The molecule has 0 radical (unpaired) electrons. The van der Waals surface area contributed by atoms with Gasteiger partial charge in [-0.15, -0.1) is 11.3 Å². The number of carboxylic acid groups (broad SMARTS) is 1. The highest BCUT2D eigenvalue weighted by Crippen LogP contribution is 2.36. The summed E-state index contributed by atoms with van der Waals surface area (Å²) >= 11 is 0.107. The van der Waals surface area contributed by atoms with Crippen LogP contribution in [-0.4, -0.2) is 37.4 Å². The Bertz CT molecular complexity index is 564. The first-order valence-electron chi connectivity index (χ1n) is 4.90. The van der Waals surface area contributed by atoms with Crippen LogP contribution in [0.2, 0.25) is 0 Å². The fraction of sp³-hybridized carbons (Fsp3) is 0.444. The summed E-state index contributed by atoms with van der Waals surface area (Å²) in [4.78, 5) is 9.32. The summed E-state index contributed by atoms with van der Waals surface area (Å²) in [5.41, 5.74) is 0. The van der Waals surface area contributed by atoms with Gasteiger partial charge in [0.25, 0.3) is 10.0 Å². The van der Waals surface area contributed by atoms with Gasteiger partial charge in [0.15, 0.2) is 0 Å². The van der Waals surface area contributed by atoms with E-state index in [4.69, 9.17) is 5.11 Å². The number of carboxylic acids is 1. The maximum atomic E-state index is 12.4. The number of rotatable bonds is 5. The topological polar surface area (TPSA) is 74.7 Å². The summed E-state index contributed by atoms with van der Waals surface area (Å²) in [5, 5.41) is 8.44. The van der Waals surface area contributed by atoms with Crippen LogP contribution in [0.1, 0.15) is 11.3 Å². The normalized spacial score (nSPS) is 12.9. The van der Waals surface area contributed by atoms with E-state index in [2.05, 4.69) is 0 Å². The summed E-state index contributed by atoms with van der Waals surface area (Å²) in [6, 6.07) is 1.54. The van der Waals surface area contributed by atoms with Crippen molar-refractivity contribution in [3.8, 4) is 0 Å². The highest BCUT2D eigenvalue weighted by Gasteiger charge is 2.34. The van der Waals surface area contributed by atoms with Crippen LogP contribution in [0.5, 0.6) is 0 Å². The highest BCUT2D eigenvalue weighted by molar-refractivity contribution is 7.91. The first-order valence-corrected chi connectivity index (χ1v) is 7.16. The van der Waals surface area contributed by atoms with Crippen LogP contribution < -0.4 is 0 Å². The molecule has 108 valence electrons. The van der Waals surface area contributed by atoms with Crippen LogP contribution in [-0.2, 0) is 21.0 Å². The minimum absolute atomic E-state index is 0.107. The summed E-state index contributed by atoms with van der Waals surface area (Å²) in [6.07, 6.45) is -5.02. The third kappa shape index (κ3) is 3.91. The number of alkyl halides is 3. The van der Waals surface area contributed by atoms with Gasteiger partial charge in [0, 0.05) is 13.6 Å². The zero-order valence-corrected chi connectivity index (χ0v) is 11.3. The second-order valence-electron chi connectivity index (χ2n) is 3.59. The molecular weight excluding hydrogens is 307 g/mol. The largest absolute Gasteiger partial charge is 0.481 e. The van der Waals surface area contributed by atoms with Crippen molar-refractivity contribution in [2.75, 3.05) is 13.6 Å². The molecule has 0 atom stereocenters. The van der Waals surface area contributed by atoms with Gasteiger partial charge in [-0.1, -0.05) is 0 Å². The predicted molar refractivity (Wildman–Crippen MR) is 61.4 cm³/mol. The lowest BCUT2D eigenvalue weighted by atomic mass is 10.4. The molecule has 0 amide bonds. The molecule has 0 saturated heterocycles. The van der Waals surface area contributed by atoms with Crippen molar-refractivity contribution < 1.29 is 31.5 Å². The zero-order chi connectivity index (χ0) is 14.8. The molecule has 0 unspecified atom stereocenters. The standard InChI is InChI=1S/C9H10F3NO4S2/c1-13(5-4-7(14)15)19(16,17)8-3-2-6(18-8)9(10,11)12/h2-3H,4-5H2,1H3,(H,14,15). The first kappa shape index (κ1) is 15.9. The minimum Gasteiger partial charge on any atom is -0.481 e. The Morgan fingerprint density at radius 3 is 2.42 bits per heavy atom. The molecule has 0 fully saturated rings. The molecule has 0 aliphatic carbocycles. The van der Waals surface area contributed by atoms with Gasteiger partial charge >= 0.3 is 12.1 Å². The van der Waals surface area contributed by atoms with Crippen molar-refractivity contribution in [2.45, 2.75) is 16.8 Å². The Balaban J connectivity index is 2.94. The Morgan fingerprint density at radius 1 is 1.42 bits per heavy atom. The van der Waals surface area contributed by atoms with E-state index in [-0.39, 0.29) is 17.9 Å². The molecule has 10 heteroatoms. The minimum atomic E-state index is -4.60. The molecule has 1 aromatic heterocycles. The van der Waals surface area contributed by atoms with Gasteiger partial charge in [0.05, 0.1) is 6.42 Å². The van der Waals surface area contributed by atoms with E-state index in [1.807, 2.05) is 0 Å². The number of carbonyl (C=O) groups is 1. The molecule has 1 heterocycles. The number of sulfonamides is 1. The fourth-order valence-electron chi connectivity index (χ4n) is 1.14. The Hall–Kier alpha value is -1.13. The monoisotopic (exact) mass is 317 g/mol. The van der Waals surface area contributed by atoms with E-state index in [9.17, 15) is 26.4 Å². The van der Waals surface area contributed by atoms with E-state index in [0.29, 0.717) is 10.4 Å². The summed E-state index contributed by atoms with van der Waals surface area (Å²) in [5.74, 6) is -1.19. The number of hydrogen-bond donors (Lipinski definition) is 1. The van der Waals surface area contributed by atoms with E-state index in [1.165, 1.54) is 0 Å². The van der Waals surface area contributed by atoms with Gasteiger partial charge in [0.2, 0.25) is 0 Å². The number of nitrogens with zero attached hydrogens (tertiary/aromatic N) is 1.